The monoisotopic (exact) mass is 381 g/mol. The third-order valence-electron chi connectivity index (χ3n) is 4.15. The predicted octanol–water partition coefficient (Wildman–Crippen LogP) is 2.73. The Morgan fingerprint density at radius 2 is 1.96 bits per heavy atom. The van der Waals surface area contributed by atoms with E-state index in [-0.39, 0.29) is 5.91 Å². The van der Waals surface area contributed by atoms with Crippen LogP contribution in [0, 0.1) is 0 Å². The number of pyridine rings is 1. The average molecular weight is 381 g/mol. The molecule has 0 aliphatic carbocycles. The van der Waals surface area contributed by atoms with Crippen LogP contribution in [0.1, 0.15) is 16.9 Å². The van der Waals surface area contributed by atoms with Gasteiger partial charge in [-0.05, 0) is 24.3 Å². The number of hydrogen-bond acceptors (Lipinski definition) is 6. The van der Waals surface area contributed by atoms with Crippen LogP contribution < -0.4 is 15.8 Å². The van der Waals surface area contributed by atoms with Crippen molar-refractivity contribution in [2.24, 2.45) is 7.05 Å². The summed E-state index contributed by atoms with van der Waals surface area (Å²) in [5, 5.41) is 6.72. The second-order valence-corrected chi connectivity index (χ2v) is 6.11. The van der Waals surface area contributed by atoms with Gasteiger partial charge in [0, 0.05) is 44.5 Å². The van der Waals surface area contributed by atoms with Crippen molar-refractivity contribution >= 4 is 17.5 Å². The van der Waals surface area contributed by atoms with Crippen LogP contribution in [0.2, 0.25) is 0 Å². The maximum atomic E-state index is 12.3. The molecule has 28 heavy (non-hydrogen) atoms. The number of para-hydroxylation sites is 1. The summed E-state index contributed by atoms with van der Waals surface area (Å²) in [7, 11) is 3.36. The molecule has 2 aromatic heterocycles. The lowest BCUT2D eigenvalue weighted by Crippen LogP contribution is -2.17. The van der Waals surface area contributed by atoms with E-state index in [9.17, 15) is 4.79 Å². The van der Waals surface area contributed by atoms with E-state index in [1.807, 2.05) is 30.3 Å². The van der Waals surface area contributed by atoms with Gasteiger partial charge in [0.05, 0.1) is 6.61 Å². The van der Waals surface area contributed by atoms with E-state index in [1.54, 1.807) is 32.5 Å². The van der Waals surface area contributed by atoms with Gasteiger partial charge in [-0.15, -0.1) is 0 Å². The van der Waals surface area contributed by atoms with Crippen LogP contribution in [0.25, 0.3) is 11.1 Å². The number of aryl methyl sites for hydroxylation is 1. The number of nitrogens with zero attached hydrogens (tertiary/aromatic N) is 3. The number of carbonyl (C=O) groups excluding carboxylic acids is 1. The van der Waals surface area contributed by atoms with Crippen LogP contribution >= 0.6 is 0 Å². The second-order valence-electron chi connectivity index (χ2n) is 6.11. The lowest BCUT2D eigenvalue weighted by Gasteiger charge is -2.13. The van der Waals surface area contributed by atoms with E-state index in [0.29, 0.717) is 30.5 Å². The first-order valence-corrected chi connectivity index (χ1v) is 8.87. The fourth-order valence-corrected chi connectivity index (χ4v) is 2.75. The normalized spacial score (nSPS) is 10.6. The molecule has 0 spiro atoms. The molecule has 2 heterocycles. The Morgan fingerprint density at radius 1 is 1.14 bits per heavy atom. The Bertz CT molecular complexity index is 955. The summed E-state index contributed by atoms with van der Waals surface area (Å²) in [5.41, 5.74) is 8.18. The SMILES string of the molecule is COCCCOc1ccccc1-c1ccc(NC(=O)c2ccnn2C)nc1N. The molecule has 146 valence electrons. The molecule has 3 N–H and O–H groups in total. The number of nitrogens with two attached hydrogens (primary N) is 1. The molecule has 3 aromatic rings. The second kappa shape index (κ2) is 9.01. The van der Waals surface area contributed by atoms with E-state index in [4.69, 9.17) is 15.2 Å². The minimum Gasteiger partial charge on any atom is -0.493 e. The molecule has 0 unspecified atom stereocenters. The summed E-state index contributed by atoms with van der Waals surface area (Å²) in [5.74, 6) is 1.09. The summed E-state index contributed by atoms with van der Waals surface area (Å²) in [6.07, 6.45) is 2.35. The van der Waals surface area contributed by atoms with Crippen molar-refractivity contribution in [3.05, 3.63) is 54.4 Å². The molecule has 1 aromatic carbocycles. The van der Waals surface area contributed by atoms with E-state index in [2.05, 4.69) is 15.4 Å². The number of methoxy groups -OCH3 is 1. The quantitative estimate of drug-likeness (QED) is 0.582. The van der Waals surface area contributed by atoms with Crippen molar-refractivity contribution in [1.82, 2.24) is 14.8 Å². The third-order valence-corrected chi connectivity index (χ3v) is 4.15. The molecule has 0 saturated carbocycles. The molecule has 0 aliphatic rings. The molecule has 0 saturated heterocycles. The summed E-state index contributed by atoms with van der Waals surface area (Å²) >= 11 is 0. The van der Waals surface area contributed by atoms with Crippen LogP contribution in [0.4, 0.5) is 11.6 Å². The first kappa shape index (κ1) is 19.4. The van der Waals surface area contributed by atoms with Gasteiger partial charge in [-0.3, -0.25) is 9.48 Å². The van der Waals surface area contributed by atoms with E-state index in [1.165, 1.54) is 4.68 Å². The maximum absolute atomic E-state index is 12.3. The largest absolute Gasteiger partial charge is 0.493 e. The lowest BCUT2D eigenvalue weighted by molar-refractivity contribution is 0.101. The molecule has 3 rings (SSSR count). The van der Waals surface area contributed by atoms with Gasteiger partial charge < -0.3 is 20.5 Å². The Hall–Kier alpha value is -3.39. The lowest BCUT2D eigenvalue weighted by atomic mass is 10.1. The van der Waals surface area contributed by atoms with E-state index < -0.39 is 0 Å². The van der Waals surface area contributed by atoms with Crippen LogP contribution in [-0.2, 0) is 11.8 Å². The van der Waals surface area contributed by atoms with Crippen molar-refractivity contribution in [3.8, 4) is 16.9 Å². The maximum Gasteiger partial charge on any atom is 0.275 e. The number of carbonyl (C=O) groups is 1. The smallest absolute Gasteiger partial charge is 0.275 e. The minimum absolute atomic E-state index is 0.302. The zero-order valence-electron chi connectivity index (χ0n) is 15.9. The summed E-state index contributed by atoms with van der Waals surface area (Å²) in [6, 6.07) is 12.8. The van der Waals surface area contributed by atoms with Gasteiger partial charge in [0.25, 0.3) is 5.91 Å². The van der Waals surface area contributed by atoms with Gasteiger partial charge in [-0.25, -0.2) is 4.98 Å². The number of nitrogens with one attached hydrogen (secondary N) is 1. The molecular formula is C20H23N5O3. The third kappa shape index (κ3) is 4.47. The Balaban J connectivity index is 1.77. The number of ether oxygens (including phenoxy) is 2. The first-order chi connectivity index (χ1) is 13.6. The molecule has 8 nitrogen and oxygen atoms in total. The summed E-state index contributed by atoms with van der Waals surface area (Å²) in [6.45, 7) is 1.17. The van der Waals surface area contributed by atoms with Crippen LogP contribution in [0.15, 0.2) is 48.7 Å². The molecular weight excluding hydrogens is 358 g/mol. The number of anilines is 2. The topological polar surface area (TPSA) is 104 Å². The van der Waals surface area contributed by atoms with Crippen molar-refractivity contribution in [2.45, 2.75) is 6.42 Å². The number of benzene rings is 1. The Kier molecular flexibility index (Phi) is 6.23. The average Bonchev–Trinajstić information content (AvgIpc) is 3.12. The van der Waals surface area contributed by atoms with Gasteiger partial charge in [0.15, 0.2) is 0 Å². The number of nitrogen functional groups attached to an aromatic ring is 1. The zero-order chi connectivity index (χ0) is 19.9. The fourth-order valence-electron chi connectivity index (χ4n) is 2.75. The highest BCUT2D eigenvalue weighted by atomic mass is 16.5. The van der Waals surface area contributed by atoms with Gasteiger partial charge in [-0.2, -0.15) is 5.10 Å². The molecule has 0 fully saturated rings. The Labute approximate surface area is 163 Å². The van der Waals surface area contributed by atoms with Crippen molar-refractivity contribution in [1.29, 1.82) is 0 Å². The standard InChI is InChI=1S/C20H23N5O3/c1-25-16(10-11-22-25)20(26)24-18-9-8-15(19(21)23-18)14-6-3-4-7-17(14)28-13-5-12-27-2/h3-4,6-11H,5,12-13H2,1-2H3,(H3,21,23,24,26). The molecule has 0 bridgehead atoms. The zero-order valence-corrected chi connectivity index (χ0v) is 15.9. The molecule has 8 heteroatoms. The van der Waals surface area contributed by atoms with Crippen LogP contribution in [0.5, 0.6) is 5.75 Å². The number of aromatic nitrogens is 3. The van der Waals surface area contributed by atoms with E-state index >= 15 is 0 Å². The van der Waals surface area contributed by atoms with Gasteiger partial charge >= 0.3 is 0 Å². The fraction of sp³-hybridized carbons (Fsp3) is 0.250. The Morgan fingerprint density at radius 3 is 2.68 bits per heavy atom. The van der Waals surface area contributed by atoms with Crippen LogP contribution in [0.3, 0.4) is 0 Å². The van der Waals surface area contributed by atoms with Crippen molar-refractivity contribution < 1.29 is 14.3 Å². The molecule has 1 amide bonds. The number of amides is 1. The van der Waals surface area contributed by atoms with Crippen molar-refractivity contribution in [3.63, 3.8) is 0 Å². The van der Waals surface area contributed by atoms with Gasteiger partial charge in [-0.1, -0.05) is 18.2 Å². The first-order valence-electron chi connectivity index (χ1n) is 8.87. The highest BCUT2D eigenvalue weighted by Gasteiger charge is 2.14. The summed E-state index contributed by atoms with van der Waals surface area (Å²) < 4.78 is 12.4. The highest BCUT2D eigenvalue weighted by Crippen LogP contribution is 2.33. The minimum atomic E-state index is -0.304. The van der Waals surface area contributed by atoms with Crippen LogP contribution in [-0.4, -0.2) is 41.0 Å². The van der Waals surface area contributed by atoms with Gasteiger partial charge in [0.1, 0.15) is 23.1 Å². The molecule has 0 aliphatic heterocycles. The molecule has 0 radical (unpaired) electrons. The number of hydrogen-bond donors (Lipinski definition) is 2. The van der Waals surface area contributed by atoms with Crippen molar-refractivity contribution in [2.75, 3.05) is 31.4 Å². The van der Waals surface area contributed by atoms with Gasteiger partial charge in [0.2, 0.25) is 0 Å². The summed E-state index contributed by atoms with van der Waals surface area (Å²) in [4.78, 5) is 16.6. The molecule has 0 atom stereocenters. The van der Waals surface area contributed by atoms with E-state index in [0.717, 1.165) is 23.3 Å². The predicted molar refractivity (Wildman–Crippen MR) is 107 cm³/mol. The highest BCUT2D eigenvalue weighted by molar-refractivity contribution is 6.02. The number of rotatable bonds is 8.